The van der Waals surface area contributed by atoms with Crippen molar-refractivity contribution < 1.29 is 46.6 Å². The number of pyridine rings is 1. The molecule has 2 saturated carbocycles. The number of benzene rings is 1. The van der Waals surface area contributed by atoms with Crippen molar-refractivity contribution in [3.63, 3.8) is 0 Å². The van der Waals surface area contributed by atoms with Crippen LogP contribution in [-0.4, -0.2) is 156 Å². The number of hydrogen-bond acceptors (Lipinski definition) is 13. The molecule has 0 radical (unpaired) electrons. The van der Waals surface area contributed by atoms with Crippen molar-refractivity contribution in [2.24, 2.45) is 17.8 Å². The van der Waals surface area contributed by atoms with Crippen LogP contribution in [-0.2, 0) is 39.6 Å². The van der Waals surface area contributed by atoms with Crippen molar-refractivity contribution in [3.8, 4) is 0 Å². The third-order valence-corrected chi connectivity index (χ3v) is 15.7. The number of carbonyl (C=O) groups excluding carboxylic acids is 4. The summed E-state index contributed by atoms with van der Waals surface area (Å²) >= 11 is 0. The van der Waals surface area contributed by atoms with Gasteiger partial charge in [-0.05, 0) is 120 Å². The Balaban J connectivity index is 0.685. The summed E-state index contributed by atoms with van der Waals surface area (Å²) in [7, 11) is 3.92. The number of alkyl halides is 3. The molecular formula is C52H73F3N10O7. The maximum atomic E-state index is 14.0. The Morgan fingerprint density at radius 3 is 2.43 bits per heavy atom. The van der Waals surface area contributed by atoms with E-state index in [1.165, 1.54) is 12.4 Å². The molecule has 5 aliphatic rings. The van der Waals surface area contributed by atoms with E-state index in [1.807, 2.05) is 30.3 Å². The fourth-order valence-electron chi connectivity index (χ4n) is 11.3. The molecule has 0 bridgehead atoms. The minimum absolute atomic E-state index is 0.00773. The summed E-state index contributed by atoms with van der Waals surface area (Å²) in [6.45, 7) is 8.03. The topological polar surface area (TPSA) is 196 Å². The fraction of sp³-hybridized carbons (Fsp3) is 0.673. The second-order valence-corrected chi connectivity index (χ2v) is 20.8. The van der Waals surface area contributed by atoms with Crippen LogP contribution in [0.15, 0.2) is 49.1 Å². The highest BCUT2D eigenvalue weighted by Gasteiger charge is 2.53. The minimum Gasteiger partial charge on any atom is -0.381 e. The lowest BCUT2D eigenvalue weighted by molar-refractivity contribution is -0.137. The summed E-state index contributed by atoms with van der Waals surface area (Å²) in [6, 6.07) is 6.33. The molecule has 2 unspecified atom stereocenters. The summed E-state index contributed by atoms with van der Waals surface area (Å²) in [5.74, 6) is 0.856. The van der Waals surface area contributed by atoms with Crippen LogP contribution in [0, 0.1) is 17.8 Å². The van der Waals surface area contributed by atoms with E-state index in [0.29, 0.717) is 88.8 Å². The zero-order valence-corrected chi connectivity index (χ0v) is 42.1. The van der Waals surface area contributed by atoms with Gasteiger partial charge in [0.2, 0.25) is 23.6 Å². The van der Waals surface area contributed by atoms with E-state index in [1.54, 1.807) is 11.1 Å². The zero-order chi connectivity index (χ0) is 50.9. The quantitative estimate of drug-likeness (QED) is 0.0692. The van der Waals surface area contributed by atoms with E-state index in [2.05, 4.69) is 62.0 Å². The molecule has 5 fully saturated rings. The first-order chi connectivity index (χ1) is 34.6. The van der Waals surface area contributed by atoms with E-state index in [-0.39, 0.29) is 96.3 Å². The predicted octanol–water partition coefficient (Wildman–Crippen LogP) is 5.46. The normalized spacial score (nSPS) is 27.8. The number of epoxide rings is 1. The SMILES string of the molecule is CC(C)N(C)[C@@H]1CC[C@H](N2CC[C@H](Nc3ncnc4ccc(C(F)(F)F)cc34)C2=O)[C@H](NC(=O)CCNC(=O)CCCOC[C@H]2CC[C@@H](COCCNC3OC3[C@H]3CC(=O)N(C)[C@@H]3c3cccnc3)CC2)C1. The Labute approximate surface area is 420 Å². The summed E-state index contributed by atoms with van der Waals surface area (Å²) < 4.78 is 58.7. The molecule has 3 aliphatic heterocycles. The molecule has 394 valence electrons. The van der Waals surface area contributed by atoms with Gasteiger partial charge in [-0.3, -0.25) is 29.5 Å². The first kappa shape index (κ1) is 53.3. The number of halogens is 3. The van der Waals surface area contributed by atoms with Crippen LogP contribution in [0.3, 0.4) is 0 Å². The molecule has 2 aliphatic carbocycles. The van der Waals surface area contributed by atoms with Crippen molar-refractivity contribution >= 4 is 40.3 Å². The summed E-state index contributed by atoms with van der Waals surface area (Å²) in [4.78, 5) is 71.1. The smallest absolute Gasteiger partial charge is 0.381 e. The van der Waals surface area contributed by atoms with Gasteiger partial charge in [0, 0.05) is 102 Å². The van der Waals surface area contributed by atoms with Crippen molar-refractivity contribution in [2.75, 3.05) is 65.5 Å². The molecule has 1 aromatic carbocycles. The predicted molar refractivity (Wildman–Crippen MR) is 263 cm³/mol. The van der Waals surface area contributed by atoms with Crippen molar-refractivity contribution in [3.05, 3.63) is 60.2 Å². The van der Waals surface area contributed by atoms with Gasteiger partial charge < -0.3 is 44.9 Å². The first-order valence-corrected chi connectivity index (χ1v) is 26.0. The lowest BCUT2D eigenvalue weighted by Crippen LogP contribution is -2.58. The Bertz CT molecular complexity index is 2310. The molecule has 3 aromatic rings. The Morgan fingerprint density at radius 1 is 0.944 bits per heavy atom. The monoisotopic (exact) mass is 1010 g/mol. The van der Waals surface area contributed by atoms with Gasteiger partial charge in [0.05, 0.1) is 35.8 Å². The second kappa shape index (κ2) is 24.3. The first-order valence-electron chi connectivity index (χ1n) is 26.0. The number of ether oxygens (including phenoxy) is 3. The standard InChI is InChI=1S/C52H73F3N10O7/c1-32(2)63(3)37-14-16-43(65-22-18-41(51(65)69)62-49-38-25-36(52(53,54)55)13-15-40(38)59-31-60-49)42(26-37)61-45(67)17-20-57-44(66)8-6-23-70-29-33-9-11-34(12-10-33)30-71-24-21-58-50-48(72-50)39-27-46(68)64(4)47(39)35-7-5-19-56-28-35/h5,7,13,15,19,25,28,31-34,37,39,41-43,47-48,50,58H,6,8-12,14,16-18,20-24,26-27,29-30H2,1-4H3,(H,57,66)(H,61,67)(H,59,60,62)/t33-,34+,37-,39+,41+,42-,43+,47-,48?,50?/m1/s1. The lowest BCUT2D eigenvalue weighted by atomic mass is 9.83. The van der Waals surface area contributed by atoms with E-state index in [9.17, 15) is 32.3 Å². The number of amides is 4. The molecule has 5 heterocycles. The van der Waals surface area contributed by atoms with Crippen molar-refractivity contribution in [1.29, 1.82) is 0 Å². The number of hydrogen-bond donors (Lipinski definition) is 4. The van der Waals surface area contributed by atoms with Crippen LogP contribution in [0.25, 0.3) is 10.9 Å². The summed E-state index contributed by atoms with van der Waals surface area (Å²) in [6.07, 6.45) is 8.58. The molecule has 8 rings (SSSR count). The van der Waals surface area contributed by atoms with Gasteiger partial charge in [-0.2, -0.15) is 13.2 Å². The lowest BCUT2D eigenvalue weighted by Gasteiger charge is -2.44. The van der Waals surface area contributed by atoms with Gasteiger partial charge >= 0.3 is 6.18 Å². The third kappa shape index (κ3) is 13.6. The van der Waals surface area contributed by atoms with Crippen LogP contribution in [0.4, 0.5) is 19.0 Å². The Kier molecular flexibility index (Phi) is 18.0. The molecule has 4 N–H and O–H groups in total. The van der Waals surface area contributed by atoms with Gasteiger partial charge in [0.25, 0.3) is 0 Å². The van der Waals surface area contributed by atoms with Crippen LogP contribution in [0.2, 0.25) is 0 Å². The molecule has 3 saturated heterocycles. The summed E-state index contributed by atoms with van der Waals surface area (Å²) in [5.41, 5.74) is 0.539. The van der Waals surface area contributed by atoms with E-state index in [4.69, 9.17) is 14.2 Å². The van der Waals surface area contributed by atoms with Crippen LogP contribution < -0.4 is 21.3 Å². The Morgan fingerprint density at radius 2 is 1.71 bits per heavy atom. The van der Waals surface area contributed by atoms with Crippen LogP contribution in [0.1, 0.15) is 108 Å². The number of nitrogens with one attached hydrogen (secondary N) is 4. The van der Waals surface area contributed by atoms with Crippen molar-refractivity contribution in [1.82, 2.24) is 45.6 Å². The molecule has 20 heteroatoms. The van der Waals surface area contributed by atoms with Gasteiger partial charge in [-0.1, -0.05) is 6.07 Å². The van der Waals surface area contributed by atoms with E-state index in [0.717, 1.165) is 56.4 Å². The molecule has 72 heavy (non-hydrogen) atoms. The third-order valence-electron chi connectivity index (χ3n) is 15.7. The average Bonchev–Trinajstić information content (AvgIpc) is 3.96. The van der Waals surface area contributed by atoms with Crippen molar-refractivity contribution in [2.45, 2.75) is 146 Å². The molecule has 8 atom stereocenters. The van der Waals surface area contributed by atoms with Gasteiger partial charge in [-0.25, -0.2) is 9.97 Å². The largest absolute Gasteiger partial charge is 0.416 e. The maximum absolute atomic E-state index is 14.0. The van der Waals surface area contributed by atoms with Gasteiger partial charge in [0.1, 0.15) is 30.5 Å². The van der Waals surface area contributed by atoms with Gasteiger partial charge in [0.15, 0.2) is 0 Å². The number of nitrogens with zero attached hydrogens (tertiary/aromatic N) is 6. The average molecular weight is 1010 g/mol. The highest BCUT2D eigenvalue weighted by atomic mass is 19.4. The number of anilines is 1. The number of fused-ring (bicyclic) bond motifs is 1. The highest BCUT2D eigenvalue weighted by molar-refractivity contribution is 5.93. The molecule has 2 aromatic heterocycles. The number of rotatable bonds is 23. The van der Waals surface area contributed by atoms with E-state index >= 15 is 0 Å². The van der Waals surface area contributed by atoms with Gasteiger partial charge in [-0.15, -0.1) is 0 Å². The number of carbonyl (C=O) groups is 4. The highest BCUT2D eigenvalue weighted by Crippen LogP contribution is 2.45. The molecule has 17 nitrogen and oxygen atoms in total. The molecular weight excluding hydrogens is 934 g/mol. The number of aromatic nitrogens is 3. The zero-order valence-electron chi connectivity index (χ0n) is 42.1. The van der Waals surface area contributed by atoms with E-state index < -0.39 is 17.8 Å². The van der Waals surface area contributed by atoms with Crippen LogP contribution in [0.5, 0.6) is 0 Å². The second-order valence-electron chi connectivity index (χ2n) is 20.8. The Hall–Kier alpha value is -5.02. The number of likely N-dealkylation sites (tertiary alicyclic amines) is 2. The summed E-state index contributed by atoms with van der Waals surface area (Å²) in [5, 5.41) is 12.8. The maximum Gasteiger partial charge on any atom is 0.416 e. The van der Waals surface area contributed by atoms with Crippen LogP contribution >= 0.6 is 0 Å². The molecule has 0 spiro atoms. The minimum atomic E-state index is -4.55. The molecule has 4 amide bonds. The fourth-order valence-corrected chi connectivity index (χ4v) is 11.3.